The molecule has 134 valence electrons. The van der Waals surface area contributed by atoms with Crippen molar-refractivity contribution < 1.29 is 19.1 Å². The zero-order valence-corrected chi connectivity index (χ0v) is 14.8. The molecule has 2 aliphatic heterocycles. The van der Waals surface area contributed by atoms with Gasteiger partial charge >= 0.3 is 0 Å². The summed E-state index contributed by atoms with van der Waals surface area (Å²) in [6, 6.07) is 4.36. The van der Waals surface area contributed by atoms with Gasteiger partial charge in [-0.25, -0.2) is 0 Å². The first kappa shape index (κ1) is 16.2. The van der Waals surface area contributed by atoms with Crippen LogP contribution < -0.4 is 9.47 Å². The van der Waals surface area contributed by atoms with Gasteiger partial charge in [0, 0.05) is 32.1 Å². The van der Waals surface area contributed by atoms with Crippen molar-refractivity contribution >= 4 is 11.8 Å². The van der Waals surface area contributed by atoms with Crippen LogP contribution in [0.5, 0.6) is 11.5 Å². The number of methoxy groups -OCH3 is 2. The summed E-state index contributed by atoms with van der Waals surface area (Å²) in [4.78, 5) is 28.8. The van der Waals surface area contributed by atoms with Crippen LogP contribution in [-0.4, -0.2) is 55.0 Å². The van der Waals surface area contributed by atoms with E-state index in [9.17, 15) is 9.59 Å². The second kappa shape index (κ2) is 6.24. The van der Waals surface area contributed by atoms with Crippen LogP contribution in [0.1, 0.15) is 30.4 Å². The Balaban J connectivity index is 1.48. The summed E-state index contributed by atoms with van der Waals surface area (Å²) < 4.78 is 10.7. The number of nitrogens with zero attached hydrogens (tertiary/aromatic N) is 2. The van der Waals surface area contributed by atoms with Crippen LogP contribution in [0.4, 0.5) is 0 Å². The molecule has 0 N–H and O–H groups in total. The summed E-state index contributed by atoms with van der Waals surface area (Å²) in [7, 11) is 3.25. The predicted octanol–water partition coefficient (Wildman–Crippen LogP) is 1.60. The quantitative estimate of drug-likeness (QED) is 0.832. The third kappa shape index (κ3) is 2.94. The molecule has 0 bridgehead atoms. The van der Waals surface area contributed by atoms with Crippen LogP contribution in [-0.2, 0) is 22.6 Å². The van der Waals surface area contributed by atoms with E-state index < -0.39 is 0 Å². The van der Waals surface area contributed by atoms with Gasteiger partial charge in [0.15, 0.2) is 11.5 Å². The molecule has 2 amide bonds. The zero-order valence-electron chi connectivity index (χ0n) is 14.8. The molecule has 0 spiro atoms. The van der Waals surface area contributed by atoms with Crippen molar-refractivity contribution in [2.75, 3.05) is 27.3 Å². The van der Waals surface area contributed by atoms with Gasteiger partial charge in [0.05, 0.1) is 20.1 Å². The van der Waals surface area contributed by atoms with Gasteiger partial charge in [-0.15, -0.1) is 0 Å². The van der Waals surface area contributed by atoms with E-state index in [0.717, 1.165) is 30.6 Å². The van der Waals surface area contributed by atoms with E-state index in [2.05, 4.69) is 0 Å². The molecule has 6 heteroatoms. The third-order valence-corrected chi connectivity index (χ3v) is 5.53. The summed E-state index contributed by atoms with van der Waals surface area (Å²) in [6.07, 6.45) is 3.34. The maximum absolute atomic E-state index is 12.9. The largest absolute Gasteiger partial charge is 0.493 e. The standard InChI is InChI=1S/C19H24N2O4/c1-24-16-7-12-5-6-20(10-13(12)8-17(16)25-2)19(23)14-9-18(22)21(11-14)15-3-4-15/h7-8,14-15H,3-6,9-11H2,1-2H3/t14-/m1/s1. The van der Waals surface area contributed by atoms with Crippen LogP contribution in [0.3, 0.4) is 0 Å². The van der Waals surface area contributed by atoms with E-state index in [1.54, 1.807) is 14.2 Å². The number of amides is 2. The Hall–Kier alpha value is -2.24. The maximum atomic E-state index is 12.9. The number of hydrogen-bond donors (Lipinski definition) is 0. The Morgan fingerprint density at radius 2 is 1.80 bits per heavy atom. The predicted molar refractivity (Wildman–Crippen MR) is 91.5 cm³/mol. The van der Waals surface area contributed by atoms with E-state index in [4.69, 9.17) is 9.47 Å². The van der Waals surface area contributed by atoms with Gasteiger partial charge in [-0.3, -0.25) is 9.59 Å². The normalized spacial score (nSPS) is 22.8. The minimum absolute atomic E-state index is 0.108. The van der Waals surface area contributed by atoms with Crippen LogP contribution in [0.2, 0.25) is 0 Å². The highest BCUT2D eigenvalue weighted by Gasteiger charge is 2.43. The SMILES string of the molecule is COc1cc2c(cc1OC)CN(C(=O)[C@@H]1CC(=O)N(C3CC3)C1)CC2. The first-order valence-electron chi connectivity index (χ1n) is 8.92. The lowest BCUT2D eigenvalue weighted by Gasteiger charge is -2.31. The van der Waals surface area contributed by atoms with Gasteiger partial charge < -0.3 is 19.3 Å². The zero-order chi connectivity index (χ0) is 17.6. The number of benzene rings is 1. The molecule has 1 atom stereocenters. The number of hydrogen-bond acceptors (Lipinski definition) is 4. The number of carbonyl (C=O) groups is 2. The van der Waals surface area contributed by atoms with Crippen molar-refractivity contribution in [3.8, 4) is 11.5 Å². The van der Waals surface area contributed by atoms with Gasteiger partial charge in [-0.05, 0) is 42.5 Å². The summed E-state index contributed by atoms with van der Waals surface area (Å²) in [5.74, 6) is 1.48. The highest BCUT2D eigenvalue weighted by molar-refractivity contribution is 5.89. The molecule has 6 nitrogen and oxygen atoms in total. The maximum Gasteiger partial charge on any atom is 0.228 e. The second-order valence-electron chi connectivity index (χ2n) is 7.16. The molecule has 1 aromatic rings. The average Bonchev–Trinajstić information content (AvgIpc) is 3.41. The van der Waals surface area contributed by atoms with Gasteiger partial charge in [0.2, 0.25) is 11.8 Å². The number of fused-ring (bicyclic) bond motifs is 1. The highest BCUT2D eigenvalue weighted by Crippen LogP contribution is 2.35. The fraction of sp³-hybridized carbons (Fsp3) is 0.579. The smallest absolute Gasteiger partial charge is 0.228 e. The second-order valence-corrected chi connectivity index (χ2v) is 7.16. The molecule has 1 saturated heterocycles. The fourth-order valence-electron chi connectivity index (χ4n) is 3.97. The third-order valence-electron chi connectivity index (χ3n) is 5.53. The van der Waals surface area contributed by atoms with Crippen LogP contribution in [0.15, 0.2) is 12.1 Å². The minimum atomic E-state index is -0.185. The first-order chi connectivity index (χ1) is 12.1. The topological polar surface area (TPSA) is 59.1 Å². The Kier molecular flexibility index (Phi) is 4.06. The van der Waals surface area contributed by atoms with Crippen LogP contribution in [0, 0.1) is 5.92 Å². The lowest BCUT2D eigenvalue weighted by molar-refractivity contribution is -0.136. The van der Waals surface area contributed by atoms with E-state index in [1.165, 1.54) is 5.56 Å². The number of carbonyl (C=O) groups excluding carboxylic acids is 2. The summed E-state index contributed by atoms with van der Waals surface area (Å²) in [5, 5.41) is 0. The van der Waals surface area contributed by atoms with Crippen molar-refractivity contribution in [2.24, 2.45) is 5.92 Å². The summed E-state index contributed by atoms with van der Waals surface area (Å²) in [5.41, 5.74) is 2.30. The van der Waals surface area contributed by atoms with E-state index in [1.807, 2.05) is 21.9 Å². The van der Waals surface area contributed by atoms with Crippen LogP contribution >= 0.6 is 0 Å². The Morgan fingerprint density at radius 1 is 1.12 bits per heavy atom. The molecule has 0 radical (unpaired) electrons. The van der Waals surface area contributed by atoms with Crippen molar-refractivity contribution in [1.82, 2.24) is 9.80 Å². The monoisotopic (exact) mass is 344 g/mol. The Bertz CT molecular complexity index is 714. The number of likely N-dealkylation sites (tertiary alicyclic amines) is 1. The fourth-order valence-corrected chi connectivity index (χ4v) is 3.97. The Labute approximate surface area is 147 Å². The highest BCUT2D eigenvalue weighted by atomic mass is 16.5. The number of ether oxygens (including phenoxy) is 2. The molecule has 25 heavy (non-hydrogen) atoms. The molecule has 1 aromatic carbocycles. The average molecular weight is 344 g/mol. The molecule has 0 aromatic heterocycles. The van der Waals surface area contributed by atoms with Crippen molar-refractivity contribution in [3.05, 3.63) is 23.3 Å². The lowest BCUT2D eigenvalue weighted by Crippen LogP contribution is -2.40. The van der Waals surface area contributed by atoms with Gasteiger partial charge in [0.25, 0.3) is 0 Å². The van der Waals surface area contributed by atoms with E-state index in [0.29, 0.717) is 37.8 Å². The molecule has 4 rings (SSSR count). The van der Waals surface area contributed by atoms with Crippen LogP contribution in [0.25, 0.3) is 0 Å². The molecule has 2 fully saturated rings. The first-order valence-corrected chi connectivity index (χ1v) is 8.92. The molecule has 1 saturated carbocycles. The summed E-state index contributed by atoms with van der Waals surface area (Å²) in [6.45, 7) is 1.86. The molecule has 2 heterocycles. The van der Waals surface area contributed by atoms with Crippen molar-refractivity contribution in [1.29, 1.82) is 0 Å². The molecular formula is C19H24N2O4. The van der Waals surface area contributed by atoms with Gasteiger partial charge in [-0.2, -0.15) is 0 Å². The molecule has 0 unspecified atom stereocenters. The Morgan fingerprint density at radius 3 is 2.44 bits per heavy atom. The van der Waals surface area contributed by atoms with Crippen molar-refractivity contribution in [3.63, 3.8) is 0 Å². The molecule has 3 aliphatic rings. The summed E-state index contributed by atoms with van der Waals surface area (Å²) >= 11 is 0. The van der Waals surface area contributed by atoms with E-state index in [-0.39, 0.29) is 17.7 Å². The van der Waals surface area contributed by atoms with E-state index >= 15 is 0 Å². The number of rotatable bonds is 4. The molecular weight excluding hydrogens is 320 g/mol. The lowest BCUT2D eigenvalue weighted by atomic mass is 9.97. The van der Waals surface area contributed by atoms with Gasteiger partial charge in [-0.1, -0.05) is 0 Å². The van der Waals surface area contributed by atoms with Gasteiger partial charge in [0.1, 0.15) is 0 Å². The molecule has 1 aliphatic carbocycles. The minimum Gasteiger partial charge on any atom is -0.493 e. The van der Waals surface area contributed by atoms with Crippen molar-refractivity contribution in [2.45, 2.75) is 38.3 Å².